The van der Waals surface area contributed by atoms with Gasteiger partial charge in [-0.3, -0.25) is 19.2 Å². The summed E-state index contributed by atoms with van der Waals surface area (Å²) in [4.78, 5) is 50.1. The van der Waals surface area contributed by atoms with Crippen LogP contribution in [-0.2, 0) is 19.2 Å². The number of nitrogens with one attached hydrogen (secondary N) is 3. The molecule has 3 amide bonds. The van der Waals surface area contributed by atoms with E-state index in [-0.39, 0.29) is 18.4 Å². The molecule has 0 bridgehead atoms. The highest BCUT2D eigenvalue weighted by Crippen LogP contribution is 2.33. The molecule has 1 rings (SSSR count). The van der Waals surface area contributed by atoms with E-state index in [1.54, 1.807) is 20.8 Å². The molecule has 0 spiro atoms. The van der Waals surface area contributed by atoms with Crippen molar-refractivity contribution in [3.8, 4) is 6.07 Å². The number of hydrogen-bond donors (Lipinski definition) is 3. The van der Waals surface area contributed by atoms with Crippen molar-refractivity contribution in [2.75, 3.05) is 0 Å². The Morgan fingerprint density at radius 3 is 2.08 bits per heavy atom. The minimum Gasteiger partial charge on any atom is -0.351 e. The number of carbonyl (C=O) groups is 4. The molecule has 1 saturated heterocycles. The maximum Gasteiger partial charge on any atom is 0.449 e. The molecule has 0 radical (unpaired) electrons. The summed E-state index contributed by atoms with van der Waals surface area (Å²) in [5.74, 6) is -5.48. The summed E-state index contributed by atoms with van der Waals surface area (Å²) < 4.78 is 38.7. The zero-order valence-electron chi connectivity index (χ0n) is 22.4. The molecule has 1 aliphatic rings. The van der Waals surface area contributed by atoms with Gasteiger partial charge >= 0.3 is 6.18 Å². The Kier molecular flexibility index (Phi) is 9.94. The van der Waals surface area contributed by atoms with Gasteiger partial charge in [-0.2, -0.15) is 18.4 Å². The van der Waals surface area contributed by atoms with Crippen LogP contribution in [0.2, 0.25) is 25.7 Å². The Bertz CT molecular complexity index is 901. The van der Waals surface area contributed by atoms with E-state index in [1.165, 1.54) is 0 Å². The number of rotatable bonds is 10. The first kappa shape index (κ1) is 31.6. The normalized spacial score (nSPS) is 20.5. The molecule has 1 fully saturated rings. The van der Waals surface area contributed by atoms with E-state index in [0.717, 1.165) is 0 Å². The second kappa shape index (κ2) is 11.3. The molecule has 3 N–H and O–H groups in total. The lowest BCUT2D eigenvalue weighted by molar-refractivity contribution is -0.173. The zero-order valence-corrected chi connectivity index (χ0v) is 23.4. The molecule has 36 heavy (non-hydrogen) atoms. The third-order valence-electron chi connectivity index (χ3n) is 6.10. The molecule has 0 aromatic heterocycles. The van der Waals surface area contributed by atoms with Crippen molar-refractivity contribution in [3.05, 3.63) is 0 Å². The van der Waals surface area contributed by atoms with Crippen molar-refractivity contribution in [3.63, 3.8) is 0 Å². The Labute approximate surface area is 212 Å². The number of alkyl halides is 3. The molecular weight excluding hydrogens is 493 g/mol. The lowest BCUT2D eigenvalue weighted by Gasteiger charge is -2.32. The summed E-state index contributed by atoms with van der Waals surface area (Å²) in [7, 11) is -1.99. The molecule has 204 valence electrons. The van der Waals surface area contributed by atoms with Crippen molar-refractivity contribution >= 4 is 31.6 Å². The summed E-state index contributed by atoms with van der Waals surface area (Å²) in [5.41, 5.74) is -1.40. The Morgan fingerprint density at radius 2 is 1.69 bits per heavy atom. The van der Waals surface area contributed by atoms with E-state index in [0.29, 0.717) is 6.42 Å². The Morgan fingerprint density at radius 1 is 1.14 bits per heavy atom. The Balaban J connectivity index is 3.07. The highest BCUT2D eigenvalue weighted by atomic mass is 28.3. The monoisotopic (exact) mass is 532 g/mol. The fraction of sp³-hybridized carbons (Fsp3) is 0.792. The van der Waals surface area contributed by atoms with Crippen LogP contribution in [0.15, 0.2) is 0 Å². The van der Waals surface area contributed by atoms with Crippen LogP contribution < -0.4 is 16.0 Å². The topological polar surface area (TPSA) is 128 Å². The van der Waals surface area contributed by atoms with Crippen LogP contribution in [-0.4, -0.2) is 55.4 Å². The molecule has 0 unspecified atom stereocenters. The van der Waals surface area contributed by atoms with Crippen LogP contribution in [0.3, 0.4) is 0 Å². The lowest BCUT2D eigenvalue weighted by Crippen LogP contribution is -2.54. The third kappa shape index (κ3) is 9.91. The average Bonchev–Trinajstić information content (AvgIpc) is 2.92. The van der Waals surface area contributed by atoms with E-state index in [9.17, 15) is 37.6 Å². The van der Waals surface area contributed by atoms with Crippen LogP contribution in [0, 0.1) is 28.6 Å². The van der Waals surface area contributed by atoms with Gasteiger partial charge in [0.25, 0.3) is 0 Å². The van der Waals surface area contributed by atoms with E-state index in [1.807, 2.05) is 39.6 Å². The van der Waals surface area contributed by atoms with Crippen molar-refractivity contribution in [2.45, 2.75) is 103 Å². The highest BCUT2D eigenvalue weighted by Gasteiger charge is 2.44. The molecule has 1 aliphatic heterocycles. The van der Waals surface area contributed by atoms with E-state index < -0.39 is 73.1 Å². The minimum absolute atomic E-state index is 0.0931. The smallest absolute Gasteiger partial charge is 0.351 e. The predicted molar refractivity (Wildman–Crippen MR) is 131 cm³/mol. The van der Waals surface area contributed by atoms with Crippen LogP contribution >= 0.6 is 0 Å². The van der Waals surface area contributed by atoms with Gasteiger partial charge in [0.2, 0.25) is 23.5 Å². The van der Waals surface area contributed by atoms with E-state index >= 15 is 0 Å². The molecule has 4 atom stereocenters. The maximum absolute atomic E-state index is 13.2. The Hall–Kier alpha value is -2.42. The van der Waals surface area contributed by atoms with Gasteiger partial charge in [-0.25, -0.2) is 0 Å². The average molecular weight is 533 g/mol. The highest BCUT2D eigenvalue weighted by molar-refractivity contribution is 6.76. The van der Waals surface area contributed by atoms with Crippen molar-refractivity contribution in [1.82, 2.24) is 16.0 Å². The number of hydrogen-bond acceptors (Lipinski definition) is 5. The third-order valence-corrected chi connectivity index (χ3v) is 7.73. The number of nitriles is 1. The fourth-order valence-corrected chi connectivity index (χ4v) is 5.79. The van der Waals surface area contributed by atoms with Gasteiger partial charge in [0, 0.05) is 26.0 Å². The van der Waals surface area contributed by atoms with Crippen LogP contribution in [0.25, 0.3) is 0 Å². The van der Waals surface area contributed by atoms with Gasteiger partial charge in [0.1, 0.15) is 12.1 Å². The number of carbonyl (C=O) groups excluding carboxylic acids is 4. The van der Waals surface area contributed by atoms with Crippen LogP contribution in [0.1, 0.15) is 53.9 Å². The number of amides is 3. The quantitative estimate of drug-likeness (QED) is 0.372. The molecule has 1 heterocycles. The molecule has 0 aromatic carbocycles. The number of Topliss-reactive ketones (excluding diaryl/α,β-unsaturated/α-hetero) is 1. The lowest BCUT2D eigenvalue weighted by atomic mass is 9.77. The molecular formula is C24H39F3N4O4Si. The van der Waals surface area contributed by atoms with Gasteiger partial charge in [0.15, 0.2) is 0 Å². The van der Waals surface area contributed by atoms with Gasteiger partial charge in [-0.1, -0.05) is 40.4 Å². The van der Waals surface area contributed by atoms with Crippen LogP contribution in [0.5, 0.6) is 0 Å². The molecule has 0 aromatic rings. The second-order valence-corrected chi connectivity index (χ2v) is 18.1. The number of nitrogens with zero attached hydrogens (tertiary/aromatic N) is 1. The zero-order chi connectivity index (χ0) is 28.3. The standard InChI is InChI=1S/C24H39F3N4O4Si/c1-22(2,3)16(10-18(32)24(25,26)27)20(34)30-17(13-36(6,7)8)21(35)29-15(12-28)9-14-11-23(4,5)31-19(14)33/h14-17H,9-11,13H2,1-8H3,(H,29,35)(H,30,34)(H,31,33)/t14-,15+,16-,17+/m1/s1. The summed E-state index contributed by atoms with van der Waals surface area (Å²) in [6.45, 7) is 14.2. The first-order valence-electron chi connectivity index (χ1n) is 12.0. The summed E-state index contributed by atoms with van der Waals surface area (Å²) in [6, 6.07) is 0.163. The SMILES string of the molecule is CC1(C)C[C@@H](C[C@@H](C#N)NC(=O)[C@H](C[Si](C)(C)C)NC(=O)[C@@H](CC(=O)C(F)(F)F)C(C)(C)C)C(=O)N1. The maximum atomic E-state index is 13.2. The second-order valence-electron chi connectivity index (χ2n) is 12.6. The molecule has 0 saturated carbocycles. The first-order valence-corrected chi connectivity index (χ1v) is 15.7. The van der Waals surface area contributed by atoms with Gasteiger partial charge in [-0.15, -0.1) is 0 Å². The summed E-state index contributed by atoms with van der Waals surface area (Å²) >= 11 is 0. The minimum atomic E-state index is -5.07. The largest absolute Gasteiger partial charge is 0.449 e. The van der Waals surface area contributed by atoms with Crippen molar-refractivity contribution in [2.24, 2.45) is 17.3 Å². The molecule has 8 nitrogen and oxygen atoms in total. The first-order chi connectivity index (χ1) is 16.1. The van der Waals surface area contributed by atoms with Gasteiger partial charge in [0.05, 0.1) is 12.0 Å². The van der Waals surface area contributed by atoms with E-state index in [2.05, 4.69) is 16.0 Å². The summed E-state index contributed by atoms with van der Waals surface area (Å²) in [6.07, 6.45) is -5.52. The van der Waals surface area contributed by atoms with Crippen molar-refractivity contribution < 1.29 is 32.3 Å². The number of halogens is 3. The summed E-state index contributed by atoms with van der Waals surface area (Å²) in [5, 5.41) is 17.6. The number of ketones is 1. The van der Waals surface area contributed by atoms with E-state index in [4.69, 9.17) is 0 Å². The van der Waals surface area contributed by atoms with Crippen molar-refractivity contribution in [1.29, 1.82) is 5.26 Å². The molecule has 12 heteroatoms. The fourth-order valence-electron chi connectivity index (χ4n) is 4.27. The molecule has 0 aliphatic carbocycles. The van der Waals surface area contributed by atoms with Gasteiger partial charge in [-0.05, 0) is 38.1 Å². The van der Waals surface area contributed by atoms with Crippen LogP contribution in [0.4, 0.5) is 13.2 Å². The van der Waals surface area contributed by atoms with Gasteiger partial charge < -0.3 is 16.0 Å². The predicted octanol–water partition coefficient (Wildman–Crippen LogP) is 3.31.